The summed E-state index contributed by atoms with van der Waals surface area (Å²) in [5.41, 5.74) is 4.20. The lowest BCUT2D eigenvalue weighted by Crippen LogP contribution is -1.99. The minimum atomic E-state index is 0.352. The largest absolute Gasteiger partial charge is 0.287 e. The minimum absolute atomic E-state index is 0.352. The fraction of sp³-hybridized carbons (Fsp3) is 0.111. The highest BCUT2D eigenvalue weighted by molar-refractivity contribution is 7.99. The molecule has 0 aliphatic carbocycles. The second-order valence-corrected chi connectivity index (χ2v) is 6.43. The van der Waals surface area contributed by atoms with Crippen LogP contribution >= 0.6 is 23.4 Å². The molecule has 0 saturated carbocycles. The minimum Gasteiger partial charge on any atom is -0.287 e. The number of rotatable bonds is 4. The molecule has 23 heavy (non-hydrogen) atoms. The molecule has 0 N–H and O–H groups in total. The molecule has 0 radical (unpaired) electrons. The van der Waals surface area contributed by atoms with Crippen LogP contribution in [-0.4, -0.2) is 15.3 Å². The summed E-state index contributed by atoms with van der Waals surface area (Å²) in [4.78, 5) is 4.49. The Morgan fingerprint density at radius 1 is 1.22 bits per heavy atom. The lowest BCUT2D eigenvalue weighted by Gasteiger charge is -2.12. The molecule has 2 aromatic carbocycles. The molecule has 0 bridgehead atoms. The van der Waals surface area contributed by atoms with Crippen LogP contribution in [0.15, 0.2) is 59.9 Å². The van der Waals surface area contributed by atoms with Crippen LogP contribution in [0, 0.1) is 18.3 Å². The lowest BCUT2D eigenvalue weighted by molar-refractivity contribution is 0.902. The number of benzene rings is 2. The molecule has 0 unspecified atom stereocenters. The summed E-state index contributed by atoms with van der Waals surface area (Å²) >= 11 is 7.56. The van der Waals surface area contributed by atoms with E-state index in [-0.39, 0.29) is 0 Å². The number of thioether (sulfide) groups is 1. The highest BCUT2D eigenvalue weighted by atomic mass is 35.5. The number of nitrogens with zero attached hydrogens (tertiary/aromatic N) is 3. The third-order valence-electron chi connectivity index (χ3n) is 3.41. The van der Waals surface area contributed by atoms with E-state index in [2.05, 4.69) is 42.2 Å². The predicted octanol–water partition coefficient (Wildman–Crippen LogP) is 5.12. The zero-order chi connectivity index (χ0) is 16.2. The standard InChI is InChI=1S/C18H14ClN3S/c1-13-5-7-14(8-6-13)17-12-21-18(23-10-9-20)22(17)16-4-2-3-15(19)11-16/h2-8,11-12H,10H2,1H3. The SMILES string of the molecule is Cc1ccc(-c2cnc(SCC#N)n2-c2cccc(Cl)c2)cc1. The normalized spacial score (nSPS) is 10.5. The molecule has 114 valence electrons. The molecule has 0 atom stereocenters. The van der Waals surface area contributed by atoms with Gasteiger partial charge < -0.3 is 0 Å². The molecule has 1 aromatic heterocycles. The zero-order valence-electron chi connectivity index (χ0n) is 12.5. The van der Waals surface area contributed by atoms with Gasteiger partial charge in [-0.05, 0) is 25.1 Å². The van der Waals surface area contributed by atoms with E-state index in [0.29, 0.717) is 10.8 Å². The number of halogens is 1. The molecule has 0 aliphatic rings. The predicted molar refractivity (Wildman–Crippen MR) is 95.1 cm³/mol. The first-order valence-electron chi connectivity index (χ1n) is 7.09. The topological polar surface area (TPSA) is 41.6 Å². The van der Waals surface area contributed by atoms with Crippen LogP contribution in [0.2, 0.25) is 5.02 Å². The van der Waals surface area contributed by atoms with Crippen LogP contribution in [0.4, 0.5) is 0 Å². The molecule has 1 heterocycles. The average Bonchev–Trinajstić information content (AvgIpc) is 2.97. The Balaban J connectivity index is 2.15. The van der Waals surface area contributed by atoms with Gasteiger partial charge in [-0.2, -0.15) is 5.26 Å². The van der Waals surface area contributed by atoms with Gasteiger partial charge in [0, 0.05) is 16.3 Å². The summed E-state index contributed by atoms with van der Waals surface area (Å²) in [5.74, 6) is 0.352. The molecule has 5 heteroatoms. The van der Waals surface area contributed by atoms with Crippen LogP contribution in [0.1, 0.15) is 5.56 Å². The van der Waals surface area contributed by atoms with Crippen molar-refractivity contribution in [1.29, 1.82) is 5.26 Å². The summed E-state index contributed by atoms with van der Waals surface area (Å²) in [6.45, 7) is 2.06. The quantitative estimate of drug-likeness (QED) is 0.620. The van der Waals surface area contributed by atoms with Crippen molar-refractivity contribution in [3.05, 3.63) is 65.3 Å². The van der Waals surface area contributed by atoms with Crippen molar-refractivity contribution in [2.24, 2.45) is 0 Å². The monoisotopic (exact) mass is 339 g/mol. The third-order valence-corrected chi connectivity index (χ3v) is 4.46. The van der Waals surface area contributed by atoms with Crippen molar-refractivity contribution in [3.63, 3.8) is 0 Å². The van der Waals surface area contributed by atoms with E-state index in [1.54, 1.807) is 0 Å². The summed E-state index contributed by atoms with van der Waals surface area (Å²) in [5, 5.41) is 10.3. The molecule has 0 aliphatic heterocycles. The second kappa shape index (κ2) is 6.91. The first kappa shape index (κ1) is 15.7. The van der Waals surface area contributed by atoms with E-state index in [1.165, 1.54) is 17.3 Å². The number of aromatic nitrogens is 2. The highest BCUT2D eigenvalue weighted by Crippen LogP contribution is 2.30. The maximum absolute atomic E-state index is 8.86. The molecule has 3 nitrogen and oxygen atoms in total. The van der Waals surface area contributed by atoms with Crippen LogP contribution in [0.25, 0.3) is 16.9 Å². The summed E-state index contributed by atoms with van der Waals surface area (Å²) in [7, 11) is 0. The third kappa shape index (κ3) is 3.42. The molecule has 3 aromatic rings. The first-order chi connectivity index (χ1) is 11.2. The van der Waals surface area contributed by atoms with Gasteiger partial charge in [-0.25, -0.2) is 4.98 Å². The summed E-state index contributed by atoms with van der Waals surface area (Å²) in [6, 6.07) is 18.1. The van der Waals surface area contributed by atoms with Crippen molar-refractivity contribution in [3.8, 4) is 23.0 Å². The van der Waals surface area contributed by atoms with Gasteiger partial charge >= 0.3 is 0 Å². The smallest absolute Gasteiger partial charge is 0.174 e. The molecular weight excluding hydrogens is 326 g/mol. The maximum Gasteiger partial charge on any atom is 0.174 e. The van der Waals surface area contributed by atoms with Gasteiger partial charge in [-0.15, -0.1) is 0 Å². The van der Waals surface area contributed by atoms with Crippen molar-refractivity contribution >= 4 is 23.4 Å². The van der Waals surface area contributed by atoms with Gasteiger partial charge in [0.25, 0.3) is 0 Å². The summed E-state index contributed by atoms with van der Waals surface area (Å²) < 4.78 is 2.04. The van der Waals surface area contributed by atoms with Crippen molar-refractivity contribution < 1.29 is 0 Å². The van der Waals surface area contributed by atoms with Gasteiger partial charge in [0.2, 0.25) is 0 Å². The van der Waals surface area contributed by atoms with Gasteiger partial charge in [0.05, 0.1) is 23.7 Å². The summed E-state index contributed by atoms with van der Waals surface area (Å²) in [6.07, 6.45) is 1.84. The van der Waals surface area contributed by atoms with Crippen molar-refractivity contribution in [2.45, 2.75) is 12.1 Å². The molecule has 0 spiro atoms. The molecule has 3 rings (SSSR count). The molecule has 0 amide bonds. The fourth-order valence-corrected chi connectivity index (χ4v) is 3.16. The number of hydrogen-bond donors (Lipinski definition) is 0. The van der Waals surface area contributed by atoms with Crippen LogP contribution in [-0.2, 0) is 0 Å². The van der Waals surface area contributed by atoms with Gasteiger partial charge in [-0.3, -0.25) is 4.57 Å². The number of nitriles is 1. The van der Waals surface area contributed by atoms with Crippen LogP contribution < -0.4 is 0 Å². The Bertz CT molecular complexity index is 863. The van der Waals surface area contributed by atoms with Gasteiger partial charge in [0.15, 0.2) is 5.16 Å². The Morgan fingerprint density at radius 2 is 2.00 bits per heavy atom. The van der Waals surface area contributed by atoms with Crippen molar-refractivity contribution in [2.75, 3.05) is 5.75 Å². The van der Waals surface area contributed by atoms with Crippen LogP contribution in [0.3, 0.4) is 0 Å². The van der Waals surface area contributed by atoms with Crippen LogP contribution in [0.5, 0.6) is 0 Å². The van der Waals surface area contributed by atoms with E-state index in [1.807, 2.05) is 35.0 Å². The lowest BCUT2D eigenvalue weighted by atomic mass is 10.1. The second-order valence-electron chi connectivity index (χ2n) is 5.05. The molecular formula is C18H14ClN3S. The van der Waals surface area contributed by atoms with E-state index in [4.69, 9.17) is 16.9 Å². The molecule has 0 fully saturated rings. The first-order valence-corrected chi connectivity index (χ1v) is 8.46. The number of hydrogen-bond acceptors (Lipinski definition) is 3. The Kier molecular flexibility index (Phi) is 4.71. The highest BCUT2D eigenvalue weighted by Gasteiger charge is 2.14. The Morgan fingerprint density at radius 3 is 2.70 bits per heavy atom. The zero-order valence-corrected chi connectivity index (χ0v) is 14.1. The molecule has 0 saturated heterocycles. The maximum atomic E-state index is 8.86. The fourth-order valence-electron chi connectivity index (χ4n) is 2.33. The number of imidazole rings is 1. The Labute approximate surface area is 144 Å². The van der Waals surface area contributed by atoms with E-state index in [9.17, 15) is 0 Å². The van der Waals surface area contributed by atoms with Crippen molar-refractivity contribution in [1.82, 2.24) is 9.55 Å². The van der Waals surface area contributed by atoms with Gasteiger partial charge in [-0.1, -0.05) is 59.3 Å². The number of aryl methyl sites for hydroxylation is 1. The van der Waals surface area contributed by atoms with E-state index in [0.717, 1.165) is 22.1 Å². The van der Waals surface area contributed by atoms with E-state index >= 15 is 0 Å². The van der Waals surface area contributed by atoms with Gasteiger partial charge in [0.1, 0.15) is 0 Å². The average molecular weight is 340 g/mol. The van der Waals surface area contributed by atoms with E-state index < -0.39 is 0 Å². The Hall–Kier alpha value is -2.22.